The van der Waals surface area contributed by atoms with Crippen LogP contribution in [0.5, 0.6) is 0 Å². The van der Waals surface area contributed by atoms with E-state index in [0.29, 0.717) is 23.3 Å². The topological polar surface area (TPSA) is 58.2 Å². The molecule has 2 aliphatic rings. The molecule has 2 N–H and O–H groups in total. The van der Waals surface area contributed by atoms with Crippen LogP contribution < -0.4 is 10.0 Å². The van der Waals surface area contributed by atoms with Gasteiger partial charge in [0.15, 0.2) is 0 Å². The van der Waals surface area contributed by atoms with Crippen LogP contribution in [0.1, 0.15) is 38.2 Å². The van der Waals surface area contributed by atoms with E-state index in [9.17, 15) is 8.42 Å². The Labute approximate surface area is 127 Å². The van der Waals surface area contributed by atoms with E-state index < -0.39 is 10.0 Å². The van der Waals surface area contributed by atoms with Crippen molar-refractivity contribution in [2.75, 3.05) is 18.4 Å². The third-order valence-corrected chi connectivity index (χ3v) is 6.34. The zero-order valence-corrected chi connectivity index (χ0v) is 13.4. The Morgan fingerprint density at radius 3 is 2.90 bits per heavy atom. The van der Waals surface area contributed by atoms with Gasteiger partial charge in [-0.05, 0) is 48.4 Å². The molecule has 2 unspecified atom stereocenters. The van der Waals surface area contributed by atoms with E-state index in [-0.39, 0.29) is 0 Å². The van der Waals surface area contributed by atoms with Crippen LogP contribution in [0.25, 0.3) is 0 Å². The number of anilines is 1. The minimum Gasteiger partial charge on any atom is -0.384 e. The summed E-state index contributed by atoms with van der Waals surface area (Å²) in [6.45, 7) is 3.70. The first-order valence-corrected chi connectivity index (χ1v) is 9.41. The molecule has 3 rings (SSSR count). The lowest BCUT2D eigenvalue weighted by Gasteiger charge is -2.28. The fraction of sp³-hybridized carbons (Fsp3) is 0.625. The first-order chi connectivity index (χ1) is 10.1. The second-order valence-electron chi connectivity index (χ2n) is 6.37. The van der Waals surface area contributed by atoms with Crippen LogP contribution in [0, 0.1) is 11.8 Å². The minimum absolute atomic E-state index is 0.397. The average molecular weight is 308 g/mol. The predicted molar refractivity (Wildman–Crippen MR) is 84.9 cm³/mol. The zero-order chi connectivity index (χ0) is 14.9. The smallest absolute Gasteiger partial charge is 0.240 e. The van der Waals surface area contributed by atoms with Gasteiger partial charge in [-0.2, -0.15) is 0 Å². The Morgan fingerprint density at radius 2 is 2.10 bits per heavy atom. The Balaban J connectivity index is 1.69. The van der Waals surface area contributed by atoms with Crippen molar-refractivity contribution in [1.29, 1.82) is 0 Å². The van der Waals surface area contributed by atoms with E-state index in [1.807, 2.05) is 12.1 Å². The number of rotatable bonds is 4. The molecule has 2 atom stereocenters. The van der Waals surface area contributed by atoms with Gasteiger partial charge in [-0.1, -0.05) is 26.2 Å². The SMILES string of the molecule is CC1CCCCC1CNS(=O)(=O)c1ccc2c(c1)CCN2. The fourth-order valence-corrected chi connectivity index (χ4v) is 4.59. The maximum absolute atomic E-state index is 12.4. The van der Waals surface area contributed by atoms with Crippen molar-refractivity contribution in [2.45, 2.75) is 43.9 Å². The Kier molecular flexibility index (Phi) is 4.22. The number of nitrogens with one attached hydrogen (secondary N) is 2. The molecule has 1 saturated carbocycles. The molecule has 0 bridgehead atoms. The van der Waals surface area contributed by atoms with Crippen LogP contribution in [-0.4, -0.2) is 21.5 Å². The maximum Gasteiger partial charge on any atom is 0.240 e. The van der Waals surface area contributed by atoms with E-state index in [4.69, 9.17) is 0 Å². The maximum atomic E-state index is 12.4. The lowest BCUT2D eigenvalue weighted by molar-refractivity contribution is 0.257. The summed E-state index contributed by atoms with van der Waals surface area (Å²) in [5, 5.41) is 3.25. The van der Waals surface area contributed by atoms with Crippen LogP contribution in [0.2, 0.25) is 0 Å². The first-order valence-electron chi connectivity index (χ1n) is 7.93. The molecule has 21 heavy (non-hydrogen) atoms. The first kappa shape index (κ1) is 14.9. The van der Waals surface area contributed by atoms with Crippen LogP contribution in [0.3, 0.4) is 0 Å². The van der Waals surface area contributed by atoms with Crippen LogP contribution in [-0.2, 0) is 16.4 Å². The molecule has 0 radical (unpaired) electrons. The van der Waals surface area contributed by atoms with Gasteiger partial charge < -0.3 is 5.32 Å². The van der Waals surface area contributed by atoms with Crippen molar-refractivity contribution in [3.63, 3.8) is 0 Å². The molecule has 1 fully saturated rings. The number of benzene rings is 1. The third kappa shape index (κ3) is 3.24. The van der Waals surface area contributed by atoms with Gasteiger partial charge in [0.25, 0.3) is 0 Å². The van der Waals surface area contributed by atoms with Gasteiger partial charge in [0, 0.05) is 18.8 Å². The van der Waals surface area contributed by atoms with Crippen molar-refractivity contribution in [2.24, 2.45) is 11.8 Å². The highest BCUT2D eigenvalue weighted by molar-refractivity contribution is 7.89. The van der Waals surface area contributed by atoms with Crippen LogP contribution in [0.4, 0.5) is 5.69 Å². The molecule has 0 spiro atoms. The second kappa shape index (κ2) is 5.97. The predicted octanol–water partition coefficient (Wildman–Crippen LogP) is 2.76. The van der Waals surface area contributed by atoms with Crippen LogP contribution in [0.15, 0.2) is 23.1 Å². The summed E-state index contributed by atoms with van der Waals surface area (Å²) < 4.78 is 27.7. The molecule has 1 aromatic rings. The highest BCUT2D eigenvalue weighted by Gasteiger charge is 2.24. The molecule has 0 aromatic heterocycles. The number of fused-ring (bicyclic) bond motifs is 1. The van der Waals surface area contributed by atoms with Gasteiger partial charge in [-0.25, -0.2) is 13.1 Å². The van der Waals surface area contributed by atoms with Gasteiger partial charge >= 0.3 is 0 Å². The van der Waals surface area contributed by atoms with Crippen molar-refractivity contribution < 1.29 is 8.42 Å². The molecular formula is C16H24N2O2S. The molecule has 116 valence electrons. The van der Waals surface area contributed by atoms with Crippen molar-refractivity contribution >= 4 is 15.7 Å². The molecule has 0 saturated heterocycles. The fourth-order valence-electron chi connectivity index (χ4n) is 3.44. The normalized spacial score (nSPS) is 25.4. The molecule has 1 aromatic carbocycles. The molecule has 1 aliphatic carbocycles. The quantitative estimate of drug-likeness (QED) is 0.899. The van der Waals surface area contributed by atoms with E-state index >= 15 is 0 Å². The minimum atomic E-state index is -3.38. The lowest BCUT2D eigenvalue weighted by Crippen LogP contribution is -2.33. The molecule has 1 heterocycles. The number of hydrogen-bond acceptors (Lipinski definition) is 3. The molecule has 0 amide bonds. The van der Waals surface area contributed by atoms with Crippen molar-refractivity contribution in [1.82, 2.24) is 4.72 Å². The monoisotopic (exact) mass is 308 g/mol. The lowest BCUT2D eigenvalue weighted by atomic mass is 9.81. The molecule has 5 heteroatoms. The standard InChI is InChI=1S/C16H24N2O2S/c1-12-4-2-3-5-14(12)11-18-21(19,20)15-6-7-16-13(10-15)8-9-17-16/h6-7,10,12,14,17-18H,2-5,8-9,11H2,1H3. The van der Waals surface area contributed by atoms with E-state index in [2.05, 4.69) is 17.0 Å². The largest absolute Gasteiger partial charge is 0.384 e. The summed E-state index contributed by atoms with van der Waals surface area (Å²) >= 11 is 0. The van der Waals surface area contributed by atoms with Gasteiger partial charge in [-0.15, -0.1) is 0 Å². The second-order valence-corrected chi connectivity index (χ2v) is 8.14. The van der Waals surface area contributed by atoms with Crippen molar-refractivity contribution in [3.8, 4) is 0 Å². The van der Waals surface area contributed by atoms with Crippen LogP contribution >= 0.6 is 0 Å². The highest BCUT2D eigenvalue weighted by atomic mass is 32.2. The van der Waals surface area contributed by atoms with E-state index in [0.717, 1.165) is 30.6 Å². The zero-order valence-electron chi connectivity index (χ0n) is 12.6. The van der Waals surface area contributed by atoms with Gasteiger partial charge in [0.1, 0.15) is 0 Å². The Bertz CT molecular complexity index is 613. The van der Waals surface area contributed by atoms with Gasteiger partial charge in [0.05, 0.1) is 4.90 Å². The summed E-state index contributed by atoms with van der Waals surface area (Å²) in [6, 6.07) is 5.38. The number of sulfonamides is 1. The highest BCUT2D eigenvalue weighted by Crippen LogP contribution is 2.29. The van der Waals surface area contributed by atoms with Crippen molar-refractivity contribution in [3.05, 3.63) is 23.8 Å². The third-order valence-electron chi connectivity index (χ3n) is 4.92. The molecule has 4 nitrogen and oxygen atoms in total. The van der Waals surface area contributed by atoms with Gasteiger partial charge in [0.2, 0.25) is 10.0 Å². The average Bonchev–Trinajstić information content (AvgIpc) is 2.94. The van der Waals surface area contributed by atoms with E-state index in [1.165, 1.54) is 19.3 Å². The summed E-state index contributed by atoms with van der Waals surface area (Å²) in [5.41, 5.74) is 2.17. The molecule has 1 aliphatic heterocycles. The summed E-state index contributed by atoms with van der Waals surface area (Å²) in [6.07, 6.45) is 5.76. The summed E-state index contributed by atoms with van der Waals surface area (Å²) in [5.74, 6) is 1.09. The summed E-state index contributed by atoms with van der Waals surface area (Å²) in [7, 11) is -3.38. The number of hydrogen-bond donors (Lipinski definition) is 2. The Morgan fingerprint density at radius 1 is 1.29 bits per heavy atom. The van der Waals surface area contributed by atoms with E-state index in [1.54, 1.807) is 6.07 Å². The summed E-state index contributed by atoms with van der Waals surface area (Å²) in [4.78, 5) is 0.397. The van der Waals surface area contributed by atoms with Gasteiger partial charge in [-0.3, -0.25) is 0 Å². The Hall–Kier alpha value is -1.07. The molecular weight excluding hydrogens is 284 g/mol.